The van der Waals surface area contributed by atoms with E-state index >= 15 is 0 Å². The Balaban J connectivity index is 2.34. The van der Waals surface area contributed by atoms with E-state index in [0.717, 1.165) is 35.8 Å². The summed E-state index contributed by atoms with van der Waals surface area (Å²) in [6, 6.07) is 3.23. The molecule has 0 saturated heterocycles. The molecule has 0 atom stereocenters. The zero-order chi connectivity index (χ0) is 14.5. The van der Waals surface area contributed by atoms with Crippen LogP contribution in [0.5, 0.6) is 0 Å². The number of benzene rings is 1. The first-order valence-corrected chi connectivity index (χ1v) is 6.05. The van der Waals surface area contributed by atoms with E-state index in [-0.39, 0.29) is 11.4 Å². The van der Waals surface area contributed by atoms with Crippen molar-refractivity contribution in [2.45, 2.75) is 19.9 Å². The van der Waals surface area contributed by atoms with E-state index in [2.05, 4.69) is 20.8 Å². The van der Waals surface area contributed by atoms with Crippen LogP contribution in [0.2, 0.25) is 0 Å². The van der Waals surface area contributed by atoms with Gasteiger partial charge in [-0.2, -0.15) is 4.68 Å². The molecule has 1 aromatic heterocycles. The van der Waals surface area contributed by atoms with Crippen LogP contribution >= 0.6 is 0 Å². The molecule has 1 N–H and O–H groups in total. The van der Waals surface area contributed by atoms with Gasteiger partial charge in [-0.05, 0) is 29.5 Å². The molecule has 0 aliphatic heterocycles. The van der Waals surface area contributed by atoms with E-state index in [4.69, 9.17) is 0 Å². The van der Waals surface area contributed by atoms with Gasteiger partial charge in [0.05, 0.1) is 11.5 Å². The molecule has 0 spiro atoms. The number of non-ortho nitro benzene ring substituents is 1. The molecule has 20 heavy (non-hydrogen) atoms. The van der Waals surface area contributed by atoms with Crippen molar-refractivity contribution in [3.8, 4) is 5.69 Å². The highest BCUT2D eigenvalue weighted by Crippen LogP contribution is 2.20. The summed E-state index contributed by atoms with van der Waals surface area (Å²) in [7, 11) is 0. The van der Waals surface area contributed by atoms with Crippen molar-refractivity contribution >= 4 is 5.69 Å². The number of nitro groups is 1. The summed E-state index contributed by atoms with van der Waals surface area (Å²) in [5.41, 5.74) is -0.262. The van der Waals surface area contributed by atoms with E-state index in [1.165, 1.54) is 0 Å². The fraction of sp³-hybridized carbons (Fsp3) is 0.364. The van der Waals surface area contributed by atoms with Gasteiger partial charge in [0.2, 0.25) is 0 Å². The van der Waals surface area contributed by atoms with Gasteiger partial charge < -0.3 is 5.32 Å². The normalized spacial score (nSPS) is 10.7. The van der Waals surface area contributed by atoms with Gasteiger partial charge in [-0.15, -0.1) is 5.10 Å². The summed E-state index contributed by atoms with van der Waals surface area (Å²) in [6.45, 7) is 3.13. The minimum absolute atomic E-state index is 0.0440. The lowest BCUT2D eigenvalue weighted by Crippen LogP contribution is -2.18. The number of nitrogens with zero attached hydrogens (tertiary/aromatic N) is 5. The second-order valence-corrected chi connectivity index (χ2v) is 4.08. The molecule has 0 amide bonds. The van der Waals surface area contributed by atoms with Crippen molar-refractivity contribution < 1.29 is 9.31 Å². The third-order valence-corrected chi connectivity index (χ3v) is 2.61. The first-order chi connectivity index (χ1) is 9.63. The van der Waals surface area contributed by atoms with Gasteiger partial charge in [-0.3, -0.25) is 10.1 Å². The fourth-order valence-electron chi connectivity index (χ4n) is 1.66. The molecular weight excluding hydrogens is 267 g/mol. The van der Waals surface area contributed by atoms with Gasteiger partial charge in [0.1, 0.15) is 11.5 Å². The third kappa shape index (κ3) is 2.94. The molecule has 0 fully saturated rings. The maximum atomic E-state index is 13.8. The number of tetrazole rings is 1. The SMILES string of the molecule is CCCNCc1nnnn1-c1cc([N+](=O)[O-])ccc1F. The van der Waals surface area contributed by atoms with Crippen LogP contribution in [0.4, 0.5) is 10.1 Å². The van der Waals surface area contributed by atoms with E-state index < -0.39 is 10.7 Å². The van der Waals surface area contributed by atoms with E-state index in [1.807, 2.05) is 6.92 Å². The number of hydrogen-bond donors (Lipinski definition) is 1. The molecule has 8 nitrogen and oxygen atoms in total. The molecule has 1 aromatic carbocycles. The van der Waals surface area contributed by atoms with Crippen LogP contribution in [-0.2, 0) is 6.54 Å². The zero-order valence-electron chi connectivity index (χ0n) is 10.8. The Morgan fingerprint density at radius 2 is 2.30 bits per heavy atom. The van der Waals surface area contributed by atoms with Crippen LogP contribution in [-0.4, -0.2) is 31.7 Å². The summed E-state index contributed by atoms with van der Waals surface area (Å²) in [6.07, 6.45) is 0.937. The maximum absolute atomic E-state index is 13.8. The lowest BCUT2D eigenvalue weighted by molar-refractivity contribution is -0.384. The molecule has 0 aliphatic rings. The molecule has 1 heterocycles. The Bertz CT molecular complexity index is 615. The topological polar surface area (TPSA) is 98.8 Å². The Morgan fingerprint density at radius 1 is 1.50 bits per heavy atom. The van der Waals surface area contributed by atoms with Crippen molar-refractivity contribution in [2.75, 3.05) is 6.54 Å². The summed E-state index contributed by atoms with van der Waals surface area (Å²) in [4.78, 5) is 10.1. The number of nitrogens with one attached hydrogen (secondary N) is 1. The fourth-order valence-corrected chi connectivity index (χ4v) is 1.66. The average Bonchev–Trinajstić information content (AvgIpc) is 2.87. The van der Waals surface area contributed by atoms with Gasteiger partial charge in [0.25, 0.3) is 5.69 Å². The van der Waals surface area contributed by atoms with Crippen LogP contribution in [0.1, 0.15) is 19.2 Å². The summed E-state index contributed by atoms with van der Waals surface area (Å²) in [5, 5.41) is 24.8. The standard InChI is InChI=1S/C11H13FN6O2/c1-2-5-13-7-11-14-15-16-17(11)10-6-8(18(19)20)3-4-9(10)12/h3-4,6,13H,2,5,7H2,1H3. The van der Waals surface area contributed by atoms with Crippen molar-refractivity contribution in [3.05, 3.63) is 40.0 Å². The monoisotopic (exact) mass is 280 g/mol. The van der Waals surface area contributed by atoms with Crippen molar-refractivity contribution in [1.29, 1.82) is 0 Å². The smallest absolute Gasteiger partial charge is 0.271 e. The number of rotatable bonds is 6. The zero-order valence-corrected chi connectivity index (χ0v) is 10.8. The molecule has 9 heteroatoms. The minimum atomic E-state index is -0.625. The second kappa shape index (κ2) is 6.15. The Kier molecular flexibility index (Phi) is 4.31. The molecule has 2 aromatic rings. The molecule has 0 saturated carbocycles. The van der Waals surface area contributed by atoms with Crippen molar-refractivity contribution in [2.24, 2.45) is 0 Å². The van der Waals surface area contributed by atoms with Gasteiger partial charge in [-0.25, -0.2) is 4.39 Å². The maximum Gasteiger partial charge on any atom is 0.271 e. The summed E-state index contributed by atoms with van der Waals surface area (Å²) < 4.78 is 15.0. The van der Waals surface area contributed by atoms with Gasteiger partial charge in [0, 0.05) is 12.1 Å². The molecule has 0 unspecified atom stereocenters. The number of halogens is 1. The molecule has 0 bridgehead atoms. The Morgan fingerprint density at radius 3 is 3.00 bits per heavy atom. The first-order valence-electron chi connectivity index (χ1n) is 6.05. The predicted octanol–water partition coefficient (Wildman–Crippen LogP) is 1.21. The number of aromatic nitrogens is 4. The number of nitro benzene ring substituents is 1. The van der Waals surface area contributed by atoms with Gasteiger partial charge in [-0.1, -0.05) is 6.92 Å². The Labute approximate surface area is 113 Å². The molecular formula is C11H13FN6O2. The highest BCUT2D eigenvalue weighted by molar-refractivity contribution is 5.44. The largest absolute Gasteiger partial charge is 0.310 e. The first kappa shape index (κ1) is 14.0. The lowest BCUT2D eigenvalue weighted by Gasteiger charge is -2.06. The van der Waals surface area contributed by atoms with Crippen LogP contribution in [0.3, 0.4) is 0 Å². The second-order valence-electron chi connectivity index (χ2n) is 4.08. The highest BCUT2D eigenvalue weighted by atomic mass is 19.1. The Hall–Kier alpha value is -2.42. The molecule has 2 rings (SSSR count). The quantitative estimate of drug-likeness (QED) is 0.485. The predicted molar refractivity (Wildman–Crippen MR) is 67.8 cm³/mol. The van der Waals surface area contributed by atoms with Crippen LogP contribution in [0.15, 0.2) is 18.2 Å². The van der Waals surface area contributed by atoms with E-state index in [1.54, 1.807) is 0 Å². The highest BCUT2D eigenvalue weighted by Gasteiger charge is 2.16. The molecule has 0 aliphatic carbocycles. The van der Waals surface area contributed by atoms with Crippen LogP contribution in [0, 0.1) is 15.9 Å². The minimum Gasteiger partial charge on any atom is -0.310 e. The van der Waals surface area contributed by atoms with Gasteiger partial charge in [0.15, 0.2) is 5.82 Å². The average molecular weight is 280 g/mol. The number of hydrogen-bond acceptors (Lipinski definition) is 6. The van der Waals surface area contributed by atoms with Crippen molar-refractivity contribution in [3.63, 3.8) is 0 Å². The summed E-state index contributed by atoms with van der Waals surface area (Å²) in [5.74, 6) is -0.238. The van der Waals surface area contributed by atoms with Gasteiger partial charge >= 0.3 is 0 Å². The van der Waals surface area contributed by atoms with Crippen LogP contribution in [0.25, 0.3) is 5.69 Å². The van der Waals surface area contributed by atoms with E-state index in [0.29, 0.717) is 12.4 Å². The summed E-state index contributed by atoms with van der Waals surface area (Å²) >= 11 is 0. The lowest BCUT2D eigenvalue weighted by atomic mass is 10.2. The van der Waals surface area contributed by atoms with Crippen molar-refractivity contribution in [1.82, 2.24) is 25.5 Å². The third-order valence-electron chi connectivity index (χ3n) is 2.61. The van der Waals surface area contributed by atoms with Crippen LogP contribution < -0.4 is 5.32 Å². The van der Waals surface area contributed by atoms with E-state index in [9.17, 15) is 14.5 Å². The molecule has 0 radical (unpaired) electrons. The molecule has 106 valence electrons.